The highest BCUT2D eigenvalue weighted by Crippen LogP contribution is 2.24. The number of aromatic nitrogens is 1. The van der Waals surface area contributed by atoms with Crippen LogP contribution in [0, 0.1) is 0 Å². The topological polar surface area (TPSA) is 70.6 Å². The second-order valence-corrected chi connectivity index (χ2v) is 8.90. The van der Waals surface area contributed by atoms with Crippen molar-refractivity contribution in [3.8, 4) is 0 Å². The van der Waals surface area contributed by atoms with E-state index in [0.29, 0.717) is 18.8 Å². The second-order valence-electron chi connectivity index (χ2n) is 6.93. The molecule has 4 rings (SSSR count). The first kappa shape index (κ1) is 19.1. The summed E-state index contributed by atoms with van der Waals surface area (Å²) in [7, 11) is -2.24. The van der Waals surface area contributed by atoms with E-state index in [0.717, 1.165) is 12.0 Å². The Kier molecular flexibility index (Phi) is 5.07. The Labute approximate surface area is 170 Å². The molecule has 0 N–H and O–H groups in total. The van der Waals surface area contributed by atoms with E-state index in [1.807, 2.05) is 18.2 Å². The Hall–Kier alpha value is -3.19. The molecule has 0 bridgehead atoms. The van der Waals surface area contributed by atoms with Crippen molar-refractivity contribution < 1.29 is 13.2 Å². The van der Waals surface area contributed by atoms with Crippen LogP contribution in [-0.4, -0.2) is 37.8 Å². The number of pyridine rings is 1. The summed E-state index contributed by atoms with van der Waals surface area (Å²) in [6.07, 6.45) is 2.27. The zero-order valence-electron chi connectivity index (χ0n) is 16.0. The van der Waals surface area contributed by atoms with Crippen molar-refractivity contribution in [3.05, 3.63) is 89.7 Å². The van der Waals surface area contributed by atoms with Gasteiger partial charge in [0.25, 0.3) is 15.9 Å². The Bertz CT molecular complexity index is 1150. The van der Waals surface area contributed by atoms with Crippen LogP contribution >= 0.6 is 0 Å². The van der Waals surface area contributed by atoms with Crippen LogP contribution in [-0.2, 0) is 23.0 Å². The lowest BCUT2D eigenvalue weighted by molar-refractivity contribution is 0.0729. The smallest absolute Gasteiger partial charge is 0.272 e. The zero-order chi connectivity index (χ0) is 20.4. The van der Waals surface area contributed by atoms with E-state index in [-0.39, 0.29) is 16.5 Å². The van der Waals surface area contributed by atoms with Gasteiger partial charge in [0.1, 0.15) is 5.69 Å². The van der Waals surface area contributed by atoms with Gasteiger partial charge in [-0.25, -0.2) is 8.42 Å². The summed E-state index contributed by atoms with van der Waals surface area (Å²) >= 11 is 0. The first-order valence-corrected chi connectivity index (χ1v) is 10.8. The molecule has 29 heavy (non-hydrogen) atoms. The van der Waals surface area contributed by atoms with Crippen molar-refractivity contribution in [2.75, 3.05) is 17.9 Å². The van der Waals surface area contributed by atoms with E-state index < -0.39 is 10.0 Å². The van der Waals surface area contributed by atoms with Crippen molar-refractivity contribution in [2.45, 2.75) is 17.9 Å². The molecule has 1 aromatic heterocycles. The molecule has 6 nitrogen and oxygen atoms in total. The minimum absolute atomic E-state index is 0.194. The van der Waals surface area contributed by atoms with Crippen molar-refractivity contribution >= 4 is 21.6 Å². The summed E-state index contributed by atoms with van der Waals surface area (Å²) in [5, 5.41) is 0. The highest BCUT2D eigenvalue weighted by atomic mass is 32.2. The van der Waals surface area contributed by atoms with Crippen LogP contribution in [0.15, 0.2) is 77.8 Å². The molecule has 0 saturated heterocycles. The maximum atomic E-state index is 13.0. The molecule has 0 radical (unpaired) electrons. The van der Waals surface area contributed by atoms with Crippen LogP contribution in [0.4, 0.5) is 5.69 Å². The molecule has 3 aromatic rings. The van der Waals surface area contributed by atoms with Gasteiger partial charge in [-0.05, 0) is 41.8 Å². The first-order valence-electron chi connectivity index (χ1n) is 9.33. The molecule has 0 atom stereocenters. The molecule has 0 fully saturated rings. The van der Waals surface area contributed by atoms with Crippen LogP contribution in [0.3, 0.4) is 0 Å². The summed E-state index contributed by atoms with van der Waals surface area (Å²) in [5.74, 6) is -0.202. The number of carbonyl (C=O) groups is 1. The molecule has 2 heterocycles. The molecule has 1 aliphatic rings. The van der Waals surface area contributed by atoms with E-state index in [2.05, 4.69) is 11.1 Å². The molecule has 7 heteroatoms. The second kappa shape index (κ2) is 7.67. The van der Waals surface area contributed by atoms with Crippen LogP contribution in [0.25, 0.3) is 0 Å². The van der Waals surface area contributed by atoms with Crippen LogP contribution < -0.4 is 4.31 Å². The van der Waals surface area contributed by atoms with Gasteiger partial charge >= 0.3 is 0 Å². The Morgan fingerprint density at radius 1 is 1.00 bits per heavy atom. The SMILES string of the molecule is CN(c1ccnc(C(=O)N2CCc3ccccc3C2)c1)S(=O)(=O)c1ccccc1. The van der Waals surface area contributed by atoms with Crippen LogP contribution in [0.1, 0.15) is 21.6 Å². The highest BCUT2D eigenvalue weighted by molar-refractivity contribution is 7.92. The number of nitrogens with zero attached hydrogens (tertiary/aromatic N) is 3. The summed E-state index contributed by atoms with van der Waals surface area (Å²) in [6, 6.07) is 19.4. The number of rotatable bonds is 4. The lowest BCUT2D eigenvalue weighted by atomic mass is 10.00. The maximum Gasteiger partial charge on any atom is 0.272 e. The third-order valence-electron chi connectivity index (χ3n) is 5.15. The molecular weight excluding hydrogens is 386 g/mol. The number of hydrogen-bond acceptors (Lipinski definition) is 4. The van der Waals surface area contributed by atoms with E-state index in [9.17, 15) is 13.2 Å². The fourth-order valence-electron chi connectivity index (χ4n) is 3.45. The quantitative estimate of drug-likeness (QED) is 0.666. The largest absolute Gasteiger partial charge is 0.333 e. The molecular formula is C22H21N3O3S. The van der Waals surface area contributed by atoms with Gasteiger partial charge in [0, 0.05) is 26.3 Å². The molecule has 0 unspecified atom stereocenters. The van der Waals surface area contributed by atoms with E-state index in [4.69, 9.17) is 0 Å². The van der Waals surface area contributed by atoms with Gasteiger partial charge in [-0.1, -0.05) is 42.5 Å². The number of carbonyl (C=O) groups excluding carboxylic acids is 1. The van der Waals surface area contributed by atoms with Crippen molar-refractivity contribution in [1.82, 2.24) is 9.88 Å². The summed E-state index contributed by atoms with van der Waals surface area (Å²) < 4.78 is 26.9. The number of fused-ring (bicyclic) bond motifs is 1. The monoisotopic (exact) mass is 407 g/mol. The predicted molar refractivity (Wildman–Crippen MR) is 111 cm³/mol. The van der Waals surface area contributed by atoms with Gasteiger partial charge in [-0.3, -0.25) is 14.1 Å². The normalized spacial score (nSPS) is 13.6. The molecule has 148 valence electrons. The summed E-state index contributed by atoms with van der Waals surface area (Å²) in [5.41, 5.74) is 3.01. The summed E-state index contributed by atoms with van der Waals surface area (Å²) in [4.78, 5) is 19.1. The molecule has 0 spiro atoms. The van der Waals surface area contributed by atoms with E-state index in [1.165, 1.54) is 29.2 Å². The average Bonchev–Trinajstić information content (AvgIpc) is 2.78. The zero-order valence-corrected chi connectivity index (χ0v) is 16.8. The number of hydrogen-bond donors (Lipinski definition) is 0. The third-order valence-corrected chi connectivity index (χ3v) is 6.95. The number of amides is 1. The predicted octanol–water partition coefficient (Wildman–Crippen LogP) is 3.11. The molecule has 0 aliphatic carbocycles. The molecule has 1 aliphatic heterocycles. The van der Waals surface area contributed by atoms with E-state index >= 15 is 0 Å². The van der Waals surface area contributed by atoms with Gasteiger partial charge in [0.15, 0.2) is 0 Å². The fourth-order valence-corrected chi connectivity index (χ4v) is 4.66. The van der Waals surface area contributed by atoms with Crippen LogP contribution in [0.2, 0.25) is 0 Å². The molecule has 1 amide bonds. The van der Waals surface area contributed by atoms with Crippen molar-refractivity contribution in [2.24, 2.45) is 0 Å². The standard InChI is InChI=1S/C22H21N3O3S/c1-24(29(27,28)20-9-3-2-4-10-20)19-11-13-23-21(15-19)22(26)25-14-12-17-7-5-6-8-18(17)16-25/h2-11,13,15H,12,14,16H2,1H3. The summed E-state index contributed by atoms with van der Waals surface area (Å²) in [6.45, 7) is 1.14. The lowest BCUT2D eigenvalue weighted by Crippen LogP contribution is -2.36. The van der Waals surface area contributed by atoms with Gasteiger partial charge in [-0.2, -0.15) is 0 Å². The van der Waals surface area contributed by atoms with Gasteiger partial charge in [0.2, 0.25) is 0 Å². The Balaban J connectivity index is 1.58. The fraction of sp³-hybridized carbons (Fsp3) is 0.182. The highest BCUT2D eigenvalue weighted by Gasteiger charge is 2.25. The van der Waals surface area contributed by atoms with Crippen molar-refractivity contribution in [3.63, 3.8) is 0 Å². The lowest BCUT2D eigenvalue weighted by Gasteiger charge is -2.29. The Morgan fingerprint density at radius 3 is 2.45 bits per heavy atom. The maximum absolute atomic E-state index is 13.0. The minimum Gasteiger partial charge on any atom is -0.333 e. The number of anilines is 1. The Morgan fingerprint density at radius 2 is 1.69 bits per heavy atom. The minimum atomic E-state index is -3.72. The van der Waals surface area contributed by atoms with Crippen LogP contribution in [0.5, 0.6) is 0 Å². The van der Waals surface area contributed by atoms with Crippen molar-refractivity contribution in [1.29, 1.82) is 0 Å². The number of benzene rings is 2. The third kappa shape index (κ3) is 3.73. The average molecular weight is 407 g/mol. The first-order chi connectivity index (χ1) is 14.0. The van der Waals surface area contributed by atoms with Gasteiger partial charge < -0.3 is 4.90 Å². The molecule has 0 saturated carbocycles. The van der Waals surface area contributed by atoms with Gasteiger partial charge in [-0.15, -0.1) is 0 Å². The number of sulfonamides is 1. The molecule has 2 aromatic carbocycles. The van der Waals surface area contributed by atoms with Gasteiger partial charge in [0.05, 0.1) is 10.6 Å². The van der Waals surface area contributed by atoms with E-state index in [1.54, 1.807) is 41.3 Å².